The van der Waals surface area contributed by atoms with Crippen LogP contribution >= 0.6 is 0 Å². The van der Waals surface area contributed by atoms with Crippen molar-refractivity contribution in [2.45, 2.75) is 66.2 Å². The van der Waals surface area contributed by atoms with Gasteiger partial charge in [-0.1, -0.05) is 76.2 Å². The average molecular weight is 409 g/mol. The van der Waals surface area contributed by atoms with Gasteiger partial charge in [0.15, 0.2) is 0 Å². The van der Waals surface area contributed by atoms with Gasteiger partial charge in [-0.3, -0.25) is 20.4 Å². The van der Waals surface area contributed by atoms with Gasteiger partial charge in [-0.2, -0.15) is 0 Å². The van der Waals surface area contributed by atoms with E-state index in [4.69, 9.17) is 0 Å². The van der Waals surface area contributed by atoms with Crippen molar-refractivity contribution in [3.63, 3.8) is 0 Å². The topological polar surface area (TPSA) is 58.2 Å². The van der Waals surface area contributed by atoms with Crippen LogP contribution in [0.2, 0.25) is 0 Å². The number of carbonyl (C=O) groups excluding carboxylic acids is 2. The summed E-state index contributed by atoms with van der Waals surface area (Å²) >= 11 is 0. The van der Waals surface area contributed by atoms with E-state index in [0.717, 1.165) is 24.0 Å². The summed E-state index contributed by atoms with van der Waals surface area (Å²) in [6.45, 7) is 12.4. The second-order valence-corrected chi connectivity index (χ2v) is 9.10. The van der Waals surface area contributed by atoms with Crippen LogP contribution in [-0.2, 0) is 22.4 Å². The van der Waals surface area contributed by atoms with Crippen LogP contribution in [0.15, 0.2) is 48.5 Å². The number of hydrogen-bond acceptors (Lipinski definition) is 2. The summed E-state index contributed by atoms with van der Waals surface area (Å²) in [5.74, 6) is 0.0623. The van der Waals surface area contributed by atoms with Crippen molar-refractivity contribution in [3.05, 3.63) is 70.8 Å². The molecule has 4 heteroatoms. The number of nitrogens with one attached hydrogen (secondary N) is 2. The highest BCUT2D eigenvalue weighted by Crippen LogP contribution is 2.19. The minimum absolute atomic E-state index is 0.223. The van der Waals surface area contributed by atoms with Crippen molar-refractivity contribution in [3.8, 4) is 0 Å². The summed E-state index contributed by atoms with van der Waals surface area (Å²) in [7, 11) is 0. The molecule has 0 heterocycles. The molecule has 4 nitrogen and oxygen atoms in total. The Hall–Kier alpha value is -2.62. The fourth-order valence-electron chi connectivity index (χ4n) is 3.47. The molecule has 162 valence electrons. The van der Waals surface area contributed by atoms with Gasteiger partial charge in [-0.25, -0.2) is 0 Å². The number of hydrazine groups is 1. The SMILES string of the molecule is CC(C)Cc1ccc([C@@H](C)C(=O)NNC(=O)[C@H](C)c2ccc(CC(C)C)cc2)cc1. The first kappa shape index (κ1) is 23.7. The molecule has 0 saturated carbocycles. The Balaban J connectivity index is 1.89. The fraction of sp³-hybridized carbons (Fsp3) is 0.462. The van der Waals surface area contributed by atoms with Gasteiger partial charge in [0, 0.05) is 0 Å². The minimum Gasteiger partial charge on any atom is -0.273 e. The third-order valence-corrected chi connectivity index (χ3v) is 5.34. The Morgan fingerprint density at radius 2 is 0.900 bits per heavy atom. The van der Waals surface area contributed by atoms with E-state index in [2.05, 4.69) is 62.8 Å². The van der Waals surface area contributed by atoms with Crippen molar-refractivity contribution in [2.24, 2.45) is 11.8 Å². The highest BCUT2D eigenvalue weighted by Gasteiger charge is 2.19. The Kier molecular flexibility index (Phi) is 8.64. The third-order valence-electron chi connectivity index (χ3n) is 5.34. The van der Waals surface area contributed by atoms with Gasteiger partial charge in [0.2, 0.25) is 11.8 Å². The van der Waals surface area contributed by atoms with Crippen molar-refractivity contribution in [1.29, 1.82) is 0 Å². The summed E-state index contributed by atoms with van der Waals surface area (Å²) in [5, 5.41) is 0. The van der Waals surface area contributed by atoms with Crippen molar-refractivity contribution < 1.29 is 9.59 Å². The van der Waals surface area contributed by atoms with Crippen LogP contribution in [0.3, 0.4) is 0 Å². The molecule has 0 radical (unpaired) electrons. The molecule has 0 bridgehead atoms. The van der Waals surface area contributed by atoms with E-state index < -0.39 is 0 Å². The molecule has 0 unspecified atom stereocenters. The van der Waals surface area contributed by atoms with E-state index in [1.54, 1.807) is 0 Å². The van der Waals surface area contributed by atoms with Crippen LogP contribution < -0.4 is 10.9 Å². The monoisotopic (exact) mass is 408 g/mol. The van der Waals surface area contributed by atoms with Crippen LogP contribution in [0, 0.1) is 11.8 Å². The van der Waals surface area contributed by atoms with Gasteiger partial charge in [-0.15, -0.1) is 0 Å². The maximum Gasteiger partial charge on any atom is 0.245 e. The summed E-state index contributed by atoms with van der Waals surface area (Å²) in [6, 6.07) is 16.3. The number of amides is 2. The molecular formula is C26H36N2O2. The smallest absolute Gasteiger partial charge is 0.245 e. The number of rotatable bonds is 8. The Bertz CT molecular complexity index is 752. The summed E-state index contributed by atoms with van der Waals surface area (Å²) < 4.78 is 0. The lowest BCUT2D eigenvalue weighted by Gasteiger charge is -2.17. The zero-order valence-corrected chi connectivity index (χ0v) is 19.2. The molecule has 2 aromatic carbocycles. The molecule has 0 aliphatic heterocycles. The van der Waals surface area contributed by atoms with Gasteiger partial charge in [0.05, 0.1) is 11.8 Å². The quantitative estimate of drug-likeness (QED) is 0.594. The highest BCUT2D eigenvalue weighted by atomic mass is 16.2. The molecule has 2 atom stereocenters. The van der Waals surface area contributed by atoms with Gasteiger partial charge in [0.25, 0.3) is 0 Å². The first-order valence-corrected chi connectivity index (χ1v) is 10.9. The molecule has 30 heavy (non-hydrogen) atoms. The highest BCUT2D eigenvalue weighted by molar-refractivity contribution is 5.88. The lowest BCUT2D eigenvalue weighted by molar-refractivity contribution is -0.130. The molecule has 2 aromatic rings. The summed E-state index contributed by atoms with van der Waals surface area (Å²) in [5.41, 5.74) is 9.55. The van der Waals surface area contributed by atoms with Crippen molar-refractivity contribution >= 4 is 11.8 Å². The largest absolute Gasteiger partial charge is 0.273 e. The lowest BCUT2D eigenvalue weighted by Crippen LogP contribution is -2.45. The van der Waals surface area contributed by atoms with Crippen LogP contribution in [0.25, 0.3) is 0 Å². The van der Waals surface area contributed by atoms with E-state index in [0.29, 0.717) is 11.8 Å². The Labute approximate surface area is 181 Å². The van der Waals surface area contributed by atoms with Crippen LogP contribution in [-0.4, -0.2) is 11.8 Å². The molecular weight excluding hydrogens is 372 g/mol. The predicted molar refractivity (Wildman–Crippen MR) is 123 cm³/mol. The van der Waals surface area contributed by atoms with E-state index in [1.807, 2.05) is 38.1 Å². The van der Waals surface area contributed by atoms with Gasteiger partial charge in [0.1, 0.15) is 0 Å². The molecule has 0 spiro atoms. The van der Waals surface area contributed by atoms with Crippen molar-refractivity contribution in [2.75, 3.05) is 0 Å². The van der Waals surface area contributed by atoms with E-state index >= 15 is 0 Å². The standard InChI is InChI=1S/C26H36N2O2/c1-17(2)15-21-7-11-23(12-8-21)19(5)25(29)27-28-26(30)20(6)24-13-9-22(10-14-24)16-18(3)4/h7-14,17-20H,15-16H2,1-6H3,(H,27,29)(H,28,30)/t19-,20-/m1/s1. The van der Waals surface area contributed by atoms with Crippen LogP contribution in [0.1, 0.15) is 75.6 Å². The molecule has 2 rings (SSSR count). The maximum atomic E-state index is 12.5. The molecule has 0 fully saturated rings. The molecule has 0 aromatic heterocycles. The first-order chi connectivity index (χ1) is 14.2. The molecule has 0 saturated heterocycles. The van der Waals surface area contributed by atoms with Gasteiger partial charge < -0.3 is 0 Å². The fourth-order valence-corrected chi connectivity index (χ4v) is 3.47. The van der Waals surface area contributed by atoms with Crippen molar-refractivity contribution in [1.82, 2.24) is 10.9 Å². The van der Waals surface area contributed by atoms with Gasteiger partial charge >= 0.3 is 0 Å². The number of benzene rings is 2. The molecule has 0 aliphatic carbocycles. The maximum absolute atomic E-state index is 12.5. The Morgan fingerprint density at radius 3 is 1.17 bits per heavy atom. The second-order valence-electron chi connectivity index (χ2n) is 9.10. The van der Waals surface area contributed by atoms with Crippen LogP contribution in [0.4, 0.5) is 0 Å². The summed E-state index contributed by atoms with van der Waals surface area (Å²) in [4.78, 5) is 25.0. The second kappa shape index (κ2) is 11.0. The van der Waals surface area contributed by atoms with E-state index in [9.17, 15) is 9.59 Å². The molecule has 2 amide bonds. The number of carbonyl (C=O) groups is 2. The minimum atomic E-state index is -0.343. The van der Waals surface area contributed by atoms with E-state index in [1.165, 1.54) is 11.1 Å². The first-order valence-electron chi connectivity index (χ1n) is 10.9. The van der Waals surface area contributed by atoms with Crippen LogP contribution in [0.5, 0.6) is 0 Å². The lowest BCUT2D eigenvalue weighted by atomic mass is 9.96. The zero-order chi connectivity index (χ0) is 22.3. The van der Waals surface area contributed by atoms with Gasteiger partial charge in [-0.05, 0) is 60.8 Å². The normalized spacial score (nSPS) is 13.2. The Morgan fingerprint density at radius 1 is 0.600 bits per heavy atom. The summed E-state index contributed by atoms with van der Waals surface area (Å²) in [6.07, 6.45) is 2.04. The zero-order valence-electron chi connectivity index (χ0n) is 19.2. The average Bonchev–Trinajstić information content (AvgIpc) is 2.71. The third kappa shape index (κ3) is 7.01. The predicted octanol–water partition coefficient (Wildman–Crippen LogP) is 5.14. The molecule has 2 N–H and O–H groups in total. The molecule has 0 aliphatic rings. The number of hydrogen-bond donors (Lipinski definition) is 2. The van der Waals surface area contributed by atoms with E-state index in [-0.39, 0.29) is 23.7 Å².